The Morgan fingerprint density at radius 2 is 1.66 bits per heavy atom. The van der Waals surface area contributed by atoms with Crippen LogP contribution < -0.4 is 10.6 Å². The molecular formula is C39H39N3O6S2. The average molecular weight is 710 g/mol. The van der Waals surface area contributed by atoms with Crippen LogP contribution in [0.25, 0.3) is 0 Å². The molecule has 3 atom stereocenters. The molecule has 0 saturated carbocycles. The number of ether oxygens (including phenoxy) is 1. The first-order valence-electron chi connectivity index (χ1n) is 16.7. The van der Waals surface area contributed by atoms with E-state index in [-0.39, 0.29) is 18.4 Å². The van der Waals surface area contributed by atoms with Crippen molar-refractivity contribution < 1.29 is 29.0 Å². The van der Waals surface area contributed by atoms with E-state index in [1.807, 2.05) is 60.7 Å². The summed E-state index contributed by atoms with van der Waals surface area (Å²) < 4.78 is 5.47. The van der Waals surface area contributed by atoms with Crippen molar-refractivity contribution in [3.05, 3.63) is 124 Å². The molecule has 2 heterocycles. The van der Waals surface area contributed by atoms with Crippen LogP contribution in [0.1, 0.15) is 56.9 Å². The summed E-state index contributed by atoms with van der Waals surface area (Å²) in [5, 5.41) is 15.4. The summed E-state index contributed by atoms with van der Waals surface area (Å²) in [5.74, 6) is -3.53. The van der Waals surface area contributed by atoms with E-state index in [2.05, 4.69) is 27.7 Å². The number of carbonyl (C=O) groups excluding carboxylic acids is 3. The fraction of sp³-hybridized carbons (Fsp3) is 0.282. The van der Waals surface area contributed by atoms with E-state index >= 15 is 0 Å². The molecule has 0 fully saturated rings. The third-order valence-corrected chi connectivity index (χ3v) is 11.3. The number of nitrogens with one attached hydrogen (secondary N) is 2. The lowest BCUT2D eigenvalue weighted by molar-refractivity contribution is -0.146. The quantitative estimate of drug-likeness (QED) is 0.0782. The van der Waals surface area contributed by atoms with Crippen LogP contribution in [-0.4, -0.2) is 46.9 Å². The Hall–Kier alpha value is -4.71. The minimum atomic E-state index is -0.988. The van der Waals surface area contributed by atoms with E-state index < -0.39 is 29.0 Å². The normalized spacial score (nSPS) is 17.7. The number of fused-ring (bicyclic) bond motifs is 1. The number of thiophene rings is 1. The van der Waals surface area contributed by atoms with Crippen LogP contribution in [-0.2, 0) is 38.6 Å². The molecule has 2 aliphatic rings. The number of hydrogen-bond donors (Lipinski definition) is 3. The number of benzene rings is 3. The predicted octanol–water partition coefficient (Wildman–Crippen LogP) is 7.56. The fourth-order valence-corrected chi connectivity index (χ4v) is 8.78. The molecule has 3 N–H and O–H groups in total. The number of carbonyl (C=O) groups is 4. The summed E-state index contributed by atoms with van der Waals surface area (Å²) in [6.45, 7) is 4.23. The topological polar surface area (TPSA) is 125 Å². The molecule has 0 spiro atoms. The standard InChI is InChI=1S/C39H39N3O6S2/c1-2-48-39(47)33-31-20-21-42(23-25-12-5-3-6-13-25)24-32(31)50-37(33)41-36(44)34(26-14-7-4-8-15-26)49-28-17-11-16-27(22-28)40-35(43)29-18-9-10-19-30(29)38(45)46/h3-17,22,29-30,34H,2,18-21,23-24H2,1H3,(H,40,43)(H,41,44)(H,45,46). The van der Waals surface area contributed by atoms with Crippen molar-refractivity contribution >= 4 is 57.5 Å². The van der Waals surface area contributed by atoms with Crippen molar-refractivity contribution in [1.29, 1.82) is 0 Å². The number of esters is 1. The van der Waals surface area contributed by atoms with Gasteiger partial charge in [0.05, 0.1) is 24.0 Å². The third kappa shape index (κ3) is 8.35. The minimum Gasteiger partial charge on any atom is -0.481 e. The van der Waals surface area contributed by atoms with Crippen LogP contribution >= 0.6 is 23.1 Å². The Kier molecular flexibility index (Phi) is 11.5. The zero-order chi connectivity index (χ0) is 35.0. The van der Waals surface area contributed by atoms with Gasteiger partial charge in [-0.3, -0.25) is 19.3 Å². The van der Waals surface area contributed by atoms with Crippen molar-refractivity contribution in [2.24, 2.45) is 11.8 Å². The maximum atomic E-state index is 14.2. The second kappa shape index (κ2) is 16.3. The Morgan fingerprint density at radius 3 is 2.38 bits per heavy atom. The smallest absolute Gasteiger partial charge is 0.341 e. The SMILES string of the molecule is CCOC(=O)c1c(NC(=O)C(Sc2cccc(NC(=O)C3CC=CCC3C(=O)O)c2)c2ccccc2)sc2c1CCN(Cc1ccccc1)C2. The highest BCUT2D eigenvalue weighted by molar-refractivity contribution is 8.00. The summed E-state index contributed by atoms with van der Waals surface area (Å²) in [6, 6.07) is 26.9. The summed E-state index contributed by atoms with van der Waals surface area (Å²) in [4.78, 5) is 56.6. The van der Waals surface area contributed by atoms with Gasteiger partial charge in [0.15, 0.2) is 0 Å². The molecular weight excluding hydrogens is 671 g/mol. The third-order valence-electron chi connectivity index (χ3n) is 8.88. The second-order valence-corrected chi connectivity index (χ2v) is 14.6. The number of amides is 2. The molecule has 0 bridgehead atoms. The molecule has 6 rings (SSSR count). The Bertz CT molecular complexity index is 1880. The van der Waals surface area contributed by atoms with E-state index in [4.69, 9.17) is 4.74 Å². The summed E-state index contributed by atoms with van der Waals surface area (Å²) in [7, 11) is 0. The van der Waals surface area contributed by atoms with Crippen LogP contribution in [0.3, 0.4) is 0 Å². The lowest BCUT2D eigenvalue weighted by atomic mass is 9.82. The summed E-state index contributed by atoms with van der Waals surface area (Å²) >= 11 is 2.75. The largest absolute Gasteiger partial charge is 0.481 e. The van der Waals surface area contributed by atoms with Gasteiger partial charge in [-0.1, -0.05) is 78.9 Å². The van der Waals surface area contributed by atoms with Crippen molar-refractivity contribution in [1.82, 2.24) is 4.90 Å². The van der Waals surface area contributed by atoms with Crippen molar-refractivity contribution in [3.8, 4) is 0 Å². The van der Waals surface area contributed by atoms with Gasteiger partial charge in [0.2, 0.25) is 11.8 Å². The van der Waals surface area contributed by atoms with Crippen LogP contribution in [0.15, 0.2) is 102 Å². The highest BCUT2D eigenvalue weighted by Crippen LogP contribution is 2.41. The first kappa shape index (κ1) is 35.1. The van der Waals surface area contributed by atoms with Crippen LogP contribution in [0.4, 0.5) is 10.7 Å². The van der Waals surface area contributed by atoms with Gasteiger partial charge in [0.25, 0.3) is 0 Å². The van der Waals surface area contributed by atoms with Gasteiger partial charge in [0, 0.05) is 35.1 Å². The lowest BCUT2D eigenvalue weighted by Gasteiger charge is -2.27. The van der Waals surface area contributed by atoms with E-state index in [1.165, 1.54) is 28.7 Å². The molecule has 3 aromatic carbocycles. The van der Waals surface area contributed by atoms with Gasteiger partial charge in [-0.25, -0.2) is 4.79 Å². The van der Waals surface area contributed by atoms with Crippen molar-refractivity contribution in [2.75, 3.05) is 23.8 Å². The maximum Gasteiger partial charge on any atom is 0.341 e. The number of anilines is 2. The molecule has 4 aromatic rings. The van der Waals surface area contributed by atoms with E-state index in [0.717, 1.165) is 34.0 Å². The molecule has 1 aliphatic heterocycles. The van der Waals surface area contributed by atoms with Gasteiger partial charge in [0.1, 0.15) is 10.3 Å². The molecule has 9 nitrogen and oxygen atoms in total. The van der Waals surface area contributed by atoms with Crippen LogP contribution in [0, 0.1) is 11.8 Å². The van der Waals surface area contributed by atoms with Crippen LogP contribution in [0.2, 0.25) is 0 Å². The predicted molar refractivity (Wildman–Crippen MR) is 196 cm³/mol. The van der Waals surface area contributed by atoms with Gasteiger partial charge in [-0.2, -0.15) is 0 Å². The average Bonchev–Trinajstić information content (AvgIpc) is 3.48. The monoisotopic (exact) mass is 709 g/mol. The number of carboxylic acids is 1. The number of allylic oxidation sites excluding steroid dienone is 2. The van der Waals surface area contributed by atoms with Crippen molar-refractivity contribution in [2.45, 2.75) is 49.4 Å². The Labute approximate surface area is 299 Å². The fourth-order valence-electron chi connectivity index (χ4n) is 6.41. The maximum absolute atomic E-state index is 14.2. The molecule has 50 heavy (non-hydrogen) atoms. The Morgan fingerprint density at radius 1 is 0.940 bits per heavy atom. The van der Waals surface area contributed by atoms with E-state index in [0.29, 0.717) is 42.1 Å². The van der Waals surface area contributed by atoms with Crippen LogP contribution in [0.5, 0.6) is 0 Å². The van der Waals surface area contributed by atoms with Gasteiger partial charge in [-0.15, -0.1) is 23.1 Å². The zero-order valence-corrected chi connectivity index (χ0v) is 29.3. The number of thioether (sulfide) groups is 1. The number of aliphatic carboxylic acids is 1. The second-order valence-electron chi connectivity index (χ2n) is 12.3. The highest BCUT2D eigenvalue weighted by atomic mass is 32.2. The Balaban J connectivity index is 1.23. The van der Waals surface area contributed by atoms with Crippen molar-refractivity contribution in [3.63, 3.8) is 0 Å². The molecule has 3 unspecified atom stereocenters. The minimum absolute atomic E-state index is 0.223. The van der Waals surface area contributed by atoms with E-state index in [9.17, 15) is 24.3 Å². The molecule has 2 amide bonds. The highest BCUT2D eigenvalue weighted by Gasteiger charge is 2.34. The van der Waals surface area contributed by atoms with Gasteiger partial charge in [-0.05, 0) is 61.1 Å². The first-order chi connectivity index (χ1) is 24.3. The number of hydrogen-bond acceptors (Lipinski definition) is 8. The molecule has 0 radical (unpaired) electrons. The zero-order valence-electron chi connectivity index (χ0n) is 27.7. The number of rotatable bonds is 12. The molecule has 258 valence electrons. The summed E-state index contributed by atoms with van der Waals surface area (Å²) in [5.41, 5.74) is 3.86. The molecule has 11 heteroatoms. The van der Waals surface area contributed by atoms with Gasteiger partial charge < -0.3 is 20.5 Å². The molecule has 1 aliphatic carbocycles. The molecule has 0 saturated heterocycles. The number of nitrogens with zero attached hydrogens (tertiary/aromatic N) is 1. The van der Waals surface area contributed by atoms with Gasteiger partial charge >= 0.3 is 11.9 Å². The summed E-state index contributed by atoms with van der Waals surface area (Å²) in [6.07, 6.45) is 4.99. The number of carboxylic acid groups (broad SMARTS) is 1. The molecule has 1 aromatic heterocycles. The van der Waals surface area contributed by atoms with E-state index in [1.54, 1.807) is 31.2 Å². The first-order valence-corrected chi connectivity index (χ1v) is 18.4. The lowest BCUT2D eigenvalue weighted by Crippen LogP contribution is -2.34.